The van der Waals surface area contributed by atoms with Gasteiger partial charge < -0.3 is 10.4 Å². The van der Waals surface area contributed by atoms with Gasteiger partial charge >= 0.3 is 0 Å². The van der Waals surface area contributed by atoms with Crippen LogP contribution in [-0.4, -0.2) is 63.3 Å². The molecule has 2 aromatic rings. The van der Waals surface area contributed by atoms with E-state index in [2.05, 4.69) is 15.3 Å². The summed E-state index contributed by atoms with van der Waals surface area (Å²) in [4.78, 5) is 21.3. The van der Waals surface area contributed by atoms with Crippen LogP contribution < -0.4 is 10.9 Å². The van der Waals surface area contributed by atoms with Crippen LogP contribution in [0.4, 0.5) is 14.7 Å². The van der Waals surface area contributed by atoms with Crippen LogP contribution in [0.3, 0.4) is 0 Å². The van der Waals surface area contributed by atoms with Crippen molar-refractivity contribution in [2.24, 2.45) is 0 Å². The van der Waals surface area contributed by atoms with Gasteiger partial charge in [0.2, 0.25) is 16.0 Å². The highest BCUT2D eigenvalue weighted by Crippen LogP contribution is 2.39. The minimum atomic E-state index is -5.06. The first-order valence-corrected chi connectivity index (χ1v) is 11.2. The number of anilines is 1. The molecular formula is C20H27F2N5O4S. The minimum absolute atomic E-state index is 0.0978. The molecule has 2 aromatic heterocycles. The van der Waals surface area contributed by atoms with E-state index in [1.165, 1.54) is 6.92 Å². The predicted molar refractivity (Wildman–Crippen MR) is 115 cm³/mol. The molecule has 0 aromatic carbocycles. The third kappa shape index (κ3) is 4.35. The number of piperidine rings is 1. The van der Waals surface area contributed by atoms with Gasteiger partial charge in [-0.25, -0.2) is 26.5 Å². The molecule has 0 unspecified atom stereocenters. The molecule has 2 fully saturated rings. The van der Waals surface area contributed by atoms with Crippen LogP contribution in [0.15, 0.2) is 17.1 Å². The molecule has 0 radical (unpaired) electrons. The third-order valence-corrected chi connectivity index (χ3v) is 6.66. The van der Waals surface area contributed by atoms with E-state index in [0.717, 1.165) is 16.8 Å². The van der Waals surface area contributed by atoms with Gasteiger partial charge in [0, 0.05) is 40.3 Å². The van der Waals surface area contributed by atoms with Crippen molar-refractivity contribution in [3.8, 4) is 0 Å². The lowest BCUT2D eigenvalue weighted by Gasteiger charge is -2.31. The van der Waals surface area contributed by atoms with Crippen molar-refractivity contribution in [1.82, 2.24) is 18.8 Å². The summed E-state index contributed by atoms with van der Waals surface area (Å²) in [5, 5.41) is 13.2. The number of halogens is 2. The predicted octanol–water partition coefficient (Wildman–Crippen LogP) is 2.04. The molecule has 2 atom stereocenters. The number of rotatable bonds is 5. The SMILES string of the molecule is [2H]C(F)(F)c1cc2cnc(NC3C([2H])([2H])CN(S(=O)(=O)C([2H])([2H])[2H])CC3([2H])[2H])nc2n([C@@H]2CCC[C@@]2(C)O)c1=O. The number of fused-ring (bicyclic) bond motifs is 1. The lowest BCUT2D eigenvalue weighted by Crippen LogP contribution is -2.42. The van der Waals surface area contributed by atoms with Gasteiger partial charge in [-0.15, -0.1) is 0 Å². The van der Waals surface area contributed by atoms with E-state index >= 15 is 0 Å². The number of sulfonamides is 1. The zero-order valence-corrected chi connectivity index (χ0v) is 17.8. The van der Waals surface area contributed by atoms with Crippen LogP contribution in [0.1, 0.15) is 67.9 Å². The quantitative estimate of drug-likeness (QED) is 0.674. The number of aliphatic hydroxyl groups is 1. The molecule has 1 saturated heterocycles. The van der Waals surface area contributed by atoms with Crippen molar-refractivity contribution in [3.05, 3.63) is 28.2 Å². The maximum absolute atomic E-state index is 14.0. The average molecular weight is 480 g/mol. The molecule has 9 nitrogen and oxygen atoms in total. The van der Waals surface area contributed by atoms with Gasteiger partial charge in [-0.2, -0.15) is 4.98 Å². The van der Waals surface area contributed by atoms with Crippen molar-refractivity contribution < 1.29 is 33.3 Å². The van der Waals surface area contributed by atoms with Gasteiger partial charge in [0.25, 0.3) is 12.0 Å². The molecule has 1 aliphatic carbocycles. The highest BCUT2D eigenvalue weighted by molar-refractivity contribution is 7.88. The second kappa shape index (κ2) is 8.31. The van der Waals surface area contributed by atoms with E-state index < -0.39 is 83.2 Å². The van der Waals surface area contributed by atoms with E-state index in [9.17, 15) is 27.1 Å². The lowest BCUT2D eigenvalue weighted by atomic mass is 9.99. The molecule has 1 aliphatic heterocycles. The zero-order valence-electron chi connectivity index (χ0n) is 25.0. The van der Waals surface area contributed by atoms with Gasteiger partial charge in [-0.1, -0.05) is 0 Å². The molecule has 2 aliphatic rings. The number of nitrogens with zero attached hydrogens (tertiary/aromatic N) is 4. The highest BCUT2D eigenvalue weighted by atomic mass is 32.2. The molecule has 0 amide bonds. The van der Waals surface area contributed by atoms with Crippen molar-refractivity contribution in [2.75, 3.05) is 24.6 Å². The van der Waals surface area contributed by atoms with E-state index in [-0.39, 0.29) is 28.2 Å². The second-order valence-electron chi connectivity index (χ2n) is 7.99. The summed E-state index contributed by atoms with van der Waals surface area (Å²) in [5.74, 6) is -0.437. The monoisotopic (exact) mass is 479 g/mol. The lowest BCUT2D eigenvalue weighted by molar-refractivity contribution is 0.0261. The van der Waals surface area contributed by atoms with Crippen LogP contribution in [0.5, 0.6) is 0 Å². The molecular weight excluding hydrogens is 444 g/mol. The Balaban J connectivity index is 1.80. The van der Waals surface area contributed by atoms with Gasteiger partial charge in [0.1, 0.15) is 7.02 Å². The topological polar surface area (TPSA) is 117 Å². The summed E-state index contributed by atoms with van der Waals surface area (Å²) in [6, 6.07) is -2.07. The molecule has 2 N–H and O–H groups in total. The highest BCUT2D eigenvalue weighted by Gasteiger charge is 2.40. The standard InChI is InChI=1S/C20H27F2N5O4S/c1-20(29)7-3-4-15(20)27-17-12(10-14(16(21)22)18(27)28)11-23-19(25-17)24-13-5-8-26(9-6-13)32(2,30)31/h10-11,13,15-16,29H,3-9H2,1-2H3,(H,23,24,25)/t15-,20-/m1/s1/i2D3,5D2,6D2,16D. The summed E-state index contributed by atoms with van der Waals surface area (Å²) in [5.41, 5.74) is -4.15. The maximum atomic E-state index is 14.0. The average Bonchev–Trinajstić information content (AvgIpc) is 3.12. The van der Waals surface area contributed by atoms with Crippen molar-refractivity contribution >= 4 is 27.0 Å². The number of hydrogen-bond acceptors (Lipinski definition) is 7. The number of nitrogens with one attached hydrogen (secondary N) is 1. The fourth-order valence-electron chi connectivity index (χ4n) is 4.07. The molecule has 1 saturated carbocycles. The van der Waals surface area contributed by atoms with Crippen molar-refractivity contribution in [1.29, 1.82) is 0 Å². The second-order valence-corrected chi connectivity index (χ2v) is 9.46. The Morgan fingerprint density at radius 1 is 1.44 bits per heavy atom. The van der Waals surface area contributed by atoms with Crippen LogP contribution in [0.2, 0.25) is 0 Å². The Morgan fingerprint density at radius 3 is 2.75 bits per heavy atom. The molecule has 0 bridgehead atoms. The van der Waals surface area contributed by atoms with Gasteiger partial charge in [-0.05, 0) is 45.0 Å². The van der Waals surface area contributed by atoms with Crippen molar-refractivity contribution in [2.45, 2.75) is 63.0 Å². The molecule has 32 heavy (non-hydrogen) atoms. The summed E-state index contributed by atoms with van der Waals surface area (Å²) in [6.45, 7) is -0.578. The maximum Gasteiger partial charge on any atom is 0.269 e. The van der Waals surface area contributed by atoms with E-state index in [4.69, 9.17) is 11.0 Å². The molecule has 12 heteroatoms. The minimum Gasteiger partial charge on any atom is -0.388 e. The molecule has 0 spiro atoms. The van der Waals surface area contributed by atoms with E-state index in [1.54, 1.807) is 0 Å². The summed E-state index contributed by atoms with van der Waals surface area (Å²) in [7, 11) is -5.06. The normalized spacial score (nSPS) is 33.2. The smallest absolute Gasteiger partial charge is 0.269 e. The van der Waals surface area contributed by atoms with Crippen LogP contribution in [0.25, 0.3) is 11.0 Å². The van der Waals surface area contributed by atoms with E-state index in [0.29, 0.717) is 6.42 Å². The van der Waals surface area contributed by atoms with Gasteiger partial charge in [0.05, 0.1) is 23.4 Å². The Labute approximate surface area is 195 Å². The number of hydrogen-bond donors (Lipinski definition) is 2. The summed E-state index contributed by atoms with van der Waals surface area (Å²) >= 11 is 0. The number of pyridine rings is 1. The molecule has 176 valence electrons. The number of aromatic nitrogens is 3. The summed E-state index contributed by atoms with van der Waals surface area (Å²) < 4.78 is 116. The van der Waals surface area contributed by atoms with Gasteiger partial charge in [-0.3, -0.25) is 9.36 Å². The Kier molecular flexibility index (Phi) is 3.86. The van der Waals surface area contributed by atoms with Crippen LogP contribution in [-0.2, 0) is 10.0 Å². The zero-order chi connectivity index (χ0) is 30.3. The first kappa shape index (κ1) is 14.9. The first-order chi connectivity index (χ1) is 18.0. The molecule has 3 heterocycles. The Morgan fingerprint density at radius 2 is 2.16 bits per heavy atom. The Bertz CT molecular complexity index is 1480. The fraction of sp³-hybridized carbons (Fsp3) is 0.650. The van der Waals surface area contributed by atoms with Crippen molar-refractivity contribution in [3.63, 3.8) is 0 Å². The molecule has 4 rings (SSSR count). The van der Waals surface area contributed by atoms with Crippen LogP contribution >= 0.6 is 0 Å². The first-order valence-electron chi connectivity index (χ1n) is 13.8. The Hall–Kier alpha value is -2.18. The third-order valence-electron chi connectivity index (χ3n) is 5.72. The number of alkyl halides is 2. The fourth-order valence-corrected chi connectivity index (χ4v) is 4.56. The van der Waals surface area contributed by atoms with Gasteiger partial charge in [0.15, 0.2) is 0 Å². The van der Waals surface area contributed by atoms with E-state index in [1.807, 2.05) is 0 Å². The summed E-state index contributed by atoms with van der Waals surface area (Å²) in [6.07, 6.45) is -11.2. The largest absolute Gasteiger partial charge is 0.388 e. The van der Waals surface area contributed by atoms with Crippen LogP contribution in [0, 0.1) is 0 Å².